The molecule has 3 atom stereocenters. The fourth-order valence-electron chi connectivity index (χ4n) is 3.62. The van der Waals surface area contributed by atoms with Crippen LogP contribution in [0.1, 0.15) is 47.0 Å². The molecule has 2 aliphatic carbocycles. The first-order chi connectivity index (χ1) is 7.41. The van der Waals surface area contributed by atoms with Gasteiger partial charge in [0.05, 0.1) is 0 Å². The van der Waals surface area contributed by atoms with Gasteiger partial charge in [-0.3, -0.25) is 0 Å². The summed E-state index contributed by atoms with van der Waals surface area (Å²) in [6.45, 7) is 8.78. The van der Waals surface area contributed by atoms with Gasteiger partial charge >= 0.3 is 5.97 Å². The number of ether oxygens (including phenoxy) is 1. The van der Waals surface area contributed by atoms with Crippen molar-refractivity contribution in [2.24, 2.45) is 16.7 Å². The Hall–Kier alpha value is -0.790. The van der Waals surface area contributed by atoms with E-state index < -0.39 is 0 Å². The largest absolute Gasteiger partial charge is 0.459 e. The molecule has 0 aliphatic heterocycles. The lowest BCUT2D eigenvalue weighted by Gasteiger charge is -2.38. The molecule has 2 nitrogen and oxygen atoms in total. The van der Waals surface area contributed by atoms with Crippen LogP contribution in [0.15, 0.2) is 12.2 Å². The molecule has 0 heterocycles. The van der Waals surface area contributed by atoms with Crippen molar-refractivity contribution >= 4 is 5.97 Å². The van der Waals surface area contributed by atoms with Crippen LogP contribution in [0.25, 0.3) is 0 Å². The maximum absolute atomic E-state index is 11.5. The van der Waals surface area contributed by atoms with Crippen molar-refractivity contribution in [3.63, 3.8) is 0 Å². The van der Waals surface area contributed by atoms with Gasteiger partial charge < -0.3 is 4.74 Å². The fraction of sp³-hybridized carbons (Fsp3) is 0.786. The topological polar surface area (TPSA) is 26.3 Å². The molecule has 0 radical (unpaired) electrons. The van der Waals surface area contributed by atoms with E-state index in [9.17, 15) is 4.79 Å². The summed E-state index contributed by atoms with van der Waals surface area (Å²) < 4.78 is 5.60. The highest BCUT2D eigenvalue weighted by Crippen LogP contribution is 2.66. The maximum Gasteiger partial charge on any atom is 0.330 e. The van der Waals surface area contributed by atoms with Gasteiger partial charge in [0.15, 0.2) is 0 Å². The van der Waals surface area contributed by atoms with E-state index in [0.29, 0.717) is 5.41 Å². The van der Waals surface area contributed by atoms with Crippen molar-refractivity contribution in [1.82, 2.24) is 0 Å². The lowest BCUT2D eigenvalue weighted by Crippen LogP contribution is -2.38. The fourth-order valence-corrected chi connectivity index (χ4v) is 3.62. The third-order valence-electron chi connectivity index (χ3n) is 5.28. The Balaban J connectivity index is 2.13. The van der Waals surface area contributed by atoms with Crippen LogP contribution in [-0.4, -0.2) is 12.1 Å². The average Bonchev–Trinajstić information content (AvgIpc) is 2.51. The van der Waals surface area contributed by atoms with Crippen molar-refractivity contribution < 1.29 is 9.53 Å². The first-order valence-corrected chi connectivity index (χ1v) is 6.25. The molecule has 0 aromatic rings. The van der Waals surface area contributed by atoms with Crippen molar-refractivity contribution in [2.45, 2.75) is 53.1 Å². The number of fused-ring (bicyclic) bond motifs is 2. The molecule has 2 fully saturated rings. The third-order valence-corrected chi connectivity index (χ3v) is 5.28. The van der Waals surface area contributed by atoms with Gasteiger partial charge in [0.2, 0.25) is 0 Å². The zero-order valence-electron chi connectivity index (χ0n) is 10.7. The molecule has 0 aromatic heterocycles. The molecule has 0 N–H and O–H groups in total. The lowest BCUT2D eigenvalue weighted by atomic mass is 9.70. The highest BCUT2D eigenvalue weighted by Gasteiger charge is 2.62. The number of hydrogen-bond donors (Lipinski definition) is 0. The molecule has 2 heteroatoms. The van der Waals surface area contributed by atoms with Gasteiger partial charge in [-0.05, 0) is 37.5 Å². The molecule has 2 aliphatic rings. The molecule has 90 valence electrons. The number of esters is 1. The van der Waals surface area contributed by atoms with Gasteiger partial charge in [0.25, 0.3) is 0 Å². The molecule has 0 amide bonds. The first-order valence-electron chi connectivity index (χ1n) is 6.25. The highest BCUT2D eigenvalue weighted by atomic mass is 16.5. The van der Waals surface area contributed by atoms with Crippen molar-refractivity contribution in [2.75, 3.05) is 0 Å². The minimum absolute atomic E-state index is 0.116. The summed E-state index contributed by atoms with van der Waals surface area (Å²) in [5.74, 6) is 0.540. The van der Waals surface area contributed by atoms with Crippen molar-refractivity contribution in [3.05, 3.63) is 12.2 Å². The molecule has 0 aromatic carbocycles. The van der Waals surface area contributed by atoms with Gasteiger partial charge in [0.1, 0.15) is 6.10 Å². The molecule has 2 rings (SSSR count). The maximum atomic E-state index is 11.5. The number of allylic oxidation sites excluding steroid dienone is 1. The van der Waals surface area contributed by atoms with E-state index in [2.05, 4.69) is 20.8 Å². The van der Waals surface area contributed by atoms with Crippen LogP contribution in [-0.2, 0) is 9.53 Å². The molecule has 2 bridgehead atoms. The van der Waals surface area contributed by atoms with E-state index in [0.717, 1.165) is 12.3 Å². The minimum Gasteiger partial charge on any atom is -0.459 e. The Morgan fingerprint density at radius 3 is 2.50 bits per heavy atom. The van der Waals surface area contributed by atoms with E-state index in [-0.39, 0.29) is 17.5 Å². The predicted octanol–water partition coefficient (Wildman–Crippen LogP) is 3.32. The summed E-state index contributed by atoms with van der Waals surface area (Å²) in [5, 5.41) is 0. The zero-order valence-corrected chi connectivity index (χ0v) is 10.7. The van der Waals surface area contributed by atoms with Crippen molar-refractivity contribution in [1.29, 1.82) is 0 Å². The van der Waals surface area contributed by atoms with Gasteiger partial charge in [-0.15, -0.1) is 0 Å². The summed E-state index contributed by atoms with van der Waals surface area (Å²) in [5.41, 5.74) is 0.489. The number of rotatable bonds is 2. The van der Waals surface area contributed by atoms with Crippen LogP contribution in [0.3, 0.4) is 0 Å². The van der Waals surface area contributed by atoms with Crippen LogP contribution < -0.4 is 0 Å². The lowest BCUT2D eigenvalue weighted by molar-refractivity contribution is -0.150. The first kappa shape index (κ1) is 11.7. The standard InChI is InChI=1S/C14H22O2/c1-5-6-12(15)16-11-9-10-7-8-14(11,4)13(10,2)3/h5-6,10-11H,7-9H2,1-4H3/b6-5+/t10-,11+,14+/m1/s1. The molecule has 0 spiro atoms. The molecule has 2 saturated carbocycles. The van der Waals surface area contributed by atoms with E-state index in [1.807, 2.05) is 6.92 Å². The monoisotopic (exact) mass is 222 g/mol. The van der Waals surface area contributed by atoms with Gasteiger partial charge in [-0.2, -0.15) is 0 Å². The minimum atomic E-state index is -0.183. The summed E-state index contributed by atoms with van der Waals surface area (Å²) in [6, 6.07) is 0. The van der Waals surface area contributed by atoms with E-state index in [4.69, 9.17) is 4.74 Å². The normalized spacial score (nSPS) is 40.5. The van der Waals surface area contributed by atoms with Crippen LogP contribution in [0.5, 0.6) is 0 Å². The highest BCUT2D eigenvalue weighted by molar-refractivity contribution is 5.82. The van der Waals surface area contributed by atoms with E-state index in [1.165, 1.54) is 18.9 Å². The summed E-state index contributed by atoms with van der Waals surface area (Å²) in [6.07, 6.45) is 6.91. The SMILES string of the molecule is C/C=C/C(=O)O[C@H]1C[C@H]2CC[C@]1(C)C2(C)C. The second kappa shape index (κ2) is 3.61. The van der Waals surface area contributed by atoms with Crippen LogP contribution >= 0.6 is 0 Å². The Morgan fingerprint density at radius 1 is 1.38 bits per heavy atom. The molecule has 0 unspecified atom stereocenters. The van der Waals surface area contributed by atoms with Gasteiger partial charge in [-0.1, -0.05) is 26.8 Å². The smallest absolute Gasteiger partial charge is 0.330 e. The number of carbonyl (C=O) groups is 1. The van der Waals surface area contributed by atoms with Crippen LogP contribution in [0, 0.1) is 16.7 Å². The summed E-state index contributed by atoms with van der Waals surface area (Å²) >= 11 is 0. The Labute approximate surface area is 98.1 Å². The van der Waals surface area contributed by atoms with Gasteiger partial charge in [-0.25, -0.2) is 4.79 Å². The third kappa shape index (κ3) is 1.42. The Kier molecular flexibility index (Phi) is 2.64. The second-order valence-corrected chi connectivity index (χ2v) is 6.04. The van der Waals surface area contributed by atoms with Crippen molar-refractivity contribution in [3.8, 4) is 0 Å². The molecular formula is C14H22O2. The Morgan fingerprint density at radius 2 is 2.06 bits per heavy atom. The summed E-state index contributed by atoms with van der Waals surface area (Å²) in [4.78, 5) is 11.5. The van der Waals surface area contributed by atoms with Gasteiger partial charge in [0, 0.05) is 11.5 Å². The molecule has 16 heavy (non-hydrogen) atoms. The summed E-state index contributed by atoms with van der Waals surface area (Å²) in [7, 11) is 0. The van der Waals surface area contributed by atoms with E-state index >= 15 is 0 Å². The second-order valence-electron chi connectivity index (χ2n) is 6.04. The zero-order chi connectivity index (χ0) is 12.0. The predicted molar refractivity (Wildman–Crippen MR) is 63.9 cm³/mol. The quantitative estimate of drug-likeness (QED) is 0.529. The van der Waals surface area contributed by atoms with Crippen LogP contribution in [0.2, 0.25) is 0 Å². The van der Waals surface area contributed by atoms with E-state index in [1.54, 1.807) is 6.08 Å². The Bertz CT molecular complexity index is 330. The molecule has 0 saturated heterocycles. The number of hydrogen-bond acceptors (Lipinski definition) is 2. The number of carbonyl (C=O) groups excluding carboxylic acids is 1. The average molecular weight is 222 g/mol. The van der Waals surface area contributed by atoms with Crippen LogP contribution in [0.4, 0.5) is 0 Å². The molecular weight excluding hydrogens is 200 g/mol.